The van der Waals surface area contributed by atoms with Gasteiger partial charge in [0.25, 0.3) is 0 Å². The van der Waals surface area contributed by atoms with E-state index in [1.54, 1.807) is 25.3 Å². The minimum absolute atomic E-state index is 0.135. The van der Waals surface area contributed by atoms with E-state index in [0.29, 0.717) is 16.5 Å². The summed E-state index contributed by atoms with van der Waals surface area (Å²) in [7, 11) is 1.55. The van der Waals surface area contributed by atoms with Crippen molar-refractivity contribution in [2.75, 3.05) is 12.4 Å². The molecule has 0 aliphatic carbocycles. The molecule has 0 aliphatic heterocycles. The summed E-state index contributed by atoms with van der Waals surface area (Å²) in [6.45, 7) is 6.79. The molecule has 1 aromatic heterocycles. The Morgan fingerprint density at radius 1 is 1.27 bits per heavy atom. The molecule has 0 aliphatic rings. The molecule has 8 heteroatoms. The number of halogens is 1. The average molecular weight is 445 g/mol. The van der Waals surface area contributed by atoms with Gasteiger partial charge in [-0.25, -0.2) is 0 Å². The molecule has 1 unspecified atom stereocenters. The minimum Gasteiger partial charge on any atom is -0.495 e. The maximum atomic E-state index is 12.7. The van der Waals surface area contributed by atoms with Crippen molar-refractivity contribution < 1.29 is 9.53 Å². The zero-order chi connectivity index (χ0) is 21.7. The van der Waals surface area contributed by atoms with Crippen molar-refractivity contribution in [2.45, 2.75) is 44.1 Å². The van der Waals surface area contributed by atoms with Crippen LogP contribution in [0.25, 0.3) is 11.4 Å². The number of methoxy groups -OCH3 is 1. The van der Waals surface area contributed by atoms with E-state index >= 15 is 0 Å². The molecule has 0 fully saturated rings. The van der Waals surface area contributed by atoms with Crippen LogP contribution in [0, 0.1) is 6.92 Å². The first kappa shape index (κ1) is 22.2. The van der Waals surface area contributed by atoms with Gasteiger partial charge in [-0.3, -0.25) is 4.79 Å². The second-order valence-corrected chi connectivity index (χ2v) is 8.64. The summed E-state index contributed by atoms with van der Waals surface area (Å²) < 4.78 is 7.22. The molecule has 0 saturated carbocycles. The molecule has 2 aromatic carbocycles. The number of nitrogens with one attached hydrogen (secondary N) is 1. The third-order valence-corrected chi connectivity index (χ3v) is 5.89. The minimum atomic E-state index is -0.365. The molecule has 158 valence electrons. The van der Waals surface area contributed by atoms with E-state index in [4.69, 9.17) is 16.3 Å². The summed E-state index contributed by atoms with van der Waals surface area (Å²) in [6, 6.07) is 13.3. The van der Waals surface area contributed by atoms with Gasteiger partial charge in [0.1, 0.15) is 5.75 Å². The van der Waals surface area contributed by atoms with Gasteiger partial charge in [0, 0.05) is 17.8 Å². The number of thioether (sulfide) groups is 1. The maximum absolute atomic E-state index is 12.7. The van der Waals surface area contributed by atoms with Crippen LogP contribution in [0.5, 0.6) is 5.75 Å². The standard InChI is InChI=1S/C22H25ClN4O2S/c1-5-11-27-20(16-8-6-7-14(2)12-16)25-26-22(27)30-15(3)21(28)24-17-9-10-19(29-4)18(23)13-17/h6-10,12-13,15H,5,11H2,1-4H3,(H,24,28). The third-order valence-electron chi connectivity index (χ3n) is 4.51. The van der Waals surface area contributed by atoms with Crippen LogP contribution in [0.15, 0.2) is 47.6 Å². The molecule has 0 spiro atoms. The van der Waals surface area contributed by atoms with Crippen molar-refractivity contribution in [2.24, 2.45) is 0 Å². The number of benzene rings is 2. The SMILES string of the molecule is CCCn1c(SC(C)C(=O)Nc2ccc(OC)c(Cl)c2)nnc1-c1cccc(C)c1. The zero-order valence-corrected chi connectivity index (χ0v) is 19.0. The van der Waals surface area contributed by atoms with E-state index in [0.717, 1.165) is 29.5 Å². The van der Waals surface area contributed by atoms with Crippen molar-refractivity contribution in [3.05, 3.63) is 53.1 Å². The second-order valence-electron chi connectivity index (χ2n) is 6.93. The predicted octanol–water partition coefficient (Wildman–Crippen LogP) is 5.44. The number of aromatic nitrogens is 3. The molecule has 0 bridgehead atoms. The molecular formula is C22H25ClN4O2S. The Balaban J connectivity index is 1.76. The molecule has 3 rings (SSSR count). The van der Waals surface area contributed by atoms with E-state index in [2.05, 4.69) is 46.1 Å². The smallest absolute Gasteiger partial charge is 0.237 e. The van der Waals surface area contributed by atoms with Crippen LogP contribution in [0.2, 0.25) is 5.02 Å². The predicted molar refractivity (Wildman–Crippen MR) is 122 cm³/mol. The van der Waals surface area contributed by atoms with E-state index in [1.807, 2.05) is 19.1 Å². The molecule has 30 heavy (non-hydrogen) atoms. The normalized spacial score (nSPS) is 11.9. The highest BCUT2D eigenvalue weighted by molar-refractivity contribution is 8.00. The number of nitrogens with zero attached hydrogens (tertiary/aromatic N) is 3. The first-order valence-corrected chi connectivity index (χ1v) is 11.0. The highest BCUT2D eigenvalue weighted by Gasteiger charge is 2.21. The lowest BCUT2D eigenvalue weighted by Gasteiger charge is -2.14. The Morgan fingerprint density at radius 2 is 2.07 bits per heavy atom. The summed E-state index contributed by atoms with van der Waals surface area (Å²) in [6.07, 6.45) is 0.940. The van der Waals surface area contributed by atoms with Crippen molar-refractivity contribution in [3.8, 4) is 17.1 Å². The van der Waals surface area contributed by atoms with Gasteiger partial charge in [-0.2, -0.15) is 0 Å². The monoisotopic (exact) mass is 444 g/mol. The van der Waals surface area contributed by atoms with Crippen molar-refractivity contribution in [1.82, 2.24) is 14.8 Å². The first-order valence-electron chi connectivity index (χ1n) is 9.74. The Morgan fingerprint density at radius 3 is 2.73 bits per heavy atom. The lowest BCUT2D eigenvalue weighted by atomic mass is 10.1. The molecule has 0 saturated heterocycles. The number of hydrogen-bond acceptors (Lipinski definition) is 5. The number of aryl methyl sites for hydroxylation is 1. The lowest BCUT2D eigenvalue weighted by Crippen LogP contribution is -2.23. The average Bonchev–Trinajstić information content (AvgIpc) is 3.10. The van der Waals surface area contributed by atoms with Crippen LogP contribution >= 0.6 is 23.4 Å². The van der Waals surface area contributed by atoms with Crippen LogP contribution in [0.4, 0.5) is 5.69 Å². The molecular weight excluding hydrogens is 420 g/mol. The van der Waals surface area contributed by atoms with E-state index in [-0.39, 0.29) is 11.2 Å². The number of ether oxygens (including phenoxy) is 1. The summed E-state index contributed by atoms with van der Waals surface area (Å²) in [5.74, 6) is 1.25. The Hall–Kier alpha value is -2.51. The Bertz CT molecular complexity index is 1040. The first-order chi connectivity index (χ1) is 14.4. The number of carbonyl (C=O) groups excluding carboxylic acids is 1. The van der Waals surface area contributed by atoms with Gasteiger partial charge in [0.05, 0.1) is 17.4 Å². The van der Waals surface area contributed by atoms with Gasteiger partial charge in [-0.1, -0.05) is 54.0 Å². The fourth-order valence-corrected chi connectivity index (χ4v) is 4.13. The van der Waals surface area contributed by atoms with E-state index in [9.17, 15) is 4.79 Å². The van der Waals surface area contributed by atoms with E-state index < -0.39 is 0 Å². The lowest BCUT2D eigenvalue weighted by molar-refractivity contribution is -0.115. The number of amides is 1. The van der Waals surface area contributed by atoms with Gasteiger partial charge in [-0.15, -0.1) is 10.2 Å². The van der Waals surface area contributed by atoms with Crippen molar-refractivity contribution in [3.63, 3.8) is 0 Å². The van der Waals surface area contributed by atoms with Crippen molar-refractivity contribution in [1.29, 1.82) is 0 Å². The second kappa shape index (κ2) is 10.00. The van der Waals surface area contributed by atoms with Crippen LogP contribution in [-0.2, 0) is 11.3 Å². The zero-order valence-electron chi connectivity index (χ0n) is 17.5. The molecule has 6 nitrogen and oxygen atoms in total. The van der Waals surface area contributed by atoms with Gasteiger partial charge >= 0.3 is 0 Å². The van der Waals surface area contributed by atoms with Gasteiger partial charge in [0.2, 0.25) is 5.91 Å². The molecule has 1 atom stereocenters. The highest BCUT2D eigenvalue weighted by atomic mass is 35.5. The van der Waals surface area contributed by atoms with E-state index in [1.165, 1.54) is 17.3 Å². The highest BCUT2D eigenvalue weighted by Crippen LogP contribution is 2.30. The van der Waals surface area contributed by atoms with Crippen LogP contribution in [-0.4, -0.2) is 33.0 Å². The number of anilines is 1. The van der Waals surface area contributed by atoms with Crippen LogP contribution in [0.3, 0.4) is 0 Å². The van der Waals surface area contributed by atoms with Crippen LogP contribution in [0.1, 0.15) is 25.8 Å². The molecule has 1 N–H and O–H groups in total. The third kappa shape index (κ3) is 5.15. The fraction of sp³-hybridized carbons (Fsp3) is 0.318. The van der Waals surface area contributed by atoms with Crippen molar-refractivity contribution >= 4 is 35.0 Å². The maximum Gasteiger partial charge on any atom is 0.237 e. The summed E-state index contributed by atoms with van der Waals surface area (Å²) in [5.41, 5.74) is 2.81. The summed E-state index contributed by atoms with van der Waals surface area (Å²) in [5, 5.41) is 12.5. The van der Waals surface area contributed by atoms with Gasteiger partial charge in [0.15, 0.2) is 11.0 Å². The molecule has 0 radical (unpaired) electrons. The summed E-state index contributed by atoms with van der Waals surface area (Å²) in [4.78, 5) is 12.7. The number of hydrogen-bond donors (Lipinski definition) is 1. The molecule has 1 heterocycles. The quantitative estimate of drug-likeness (QED) is 0.468. The van der Waals surface area contributed by atoms with Gasteiger partial charge in [-0.05, 0) is 44.5 Å². The number of rotatable bonds is 8. The molecule has 3 aromatic rings. The van der Waals surface area contributed by atoms with Crippen LogP contribution < -0.4 is 10.1 Å². The largest absolute Gasteiger partial charge is 0.495 e. The fourth-order valence-electron chi connectivity index (χ4n) is 3.00. The topological polar surface area (TPSA) is 69.0 Å². The van der Waals surface area contributed by atoms with Gasteiger partial charge < -0.3 is 14.6 Å². The summed E-state index contributed by atoms with van der Waals surface area (Å²) >= 11 is 7.54. The molecule has 1 amide bonds. The Kier molecular flexibility index (Phi) is 7.39. The number of carbonyl (C=O) groups is 1. The Labute approximate surface area is 186 Å².